The zero-order valence-corrected chi connectivity index (χ0v) is 17.5. The molecule has 7 nitrogen and oxygen atoms in total. The highest BCUT2D eigenvalue weighted by Crippen LogP contribution is 2.37. The van der Waals surface area contributed by atoms with Crippen LogP contribution in [-0.4, -0.2) is 39.4 Å². The zero-order chi connectivity index (χ0) is 20.4. The summed E-state index contributed by atoms with van der Waals surface area (Å²) in [5.41, 5.74) is 1.71. The Morgan fingerprint density at radius 3 is 2.55 bits per heavy atom. The largest absolute Gasteiger partial charge is 0.353 e. The summed E-state index contributed by atoms with van der Waals surface area (Å²) in [6.07, 6.45) is 8.22. The molecule has 0 radical (unpaired) electrons. The van der Waals surface area contributed by atoms with Crippen molar-refractivity contribution in [1.82, 2.24) is 10.0 Å². The number of anilines is 1. The van der Waals surface area contributed by atoms with Gasteiger partial charge in [-0.25, -0.2) is 13.1 Å². The predicted octanol–water partition coefficient (Wildman–Crippen LogP) is 2.10. The fraction of sp³-hybridized carbons (Fsp3) is 0.619. The summed E-state index contributed by atoms with van der Waals surface area (Å²) in [6, 6.07) is 5.15. The van der Waals surface area contributed by atoms with E-state index in [2.05, 4.69) is 10.0 Å². The molecule has 8 heteroatoms. The van der Waals surface area contributed by atoms with Crippen molar-refractivity contribution in [2.45, 2.75) is 68.7 Å². The Labute approximate surface area is 172 Å². The standard InChI is InChI=1S/C21H29N3O4S/c25-20(23-17-4-2-1-3-5-17)10-12-22-29(27,28)18-8-9-19-16(14-18)11-13-24(19)21(26)15-6-7-15/h8-9,14-15,17,22H,1-7,10-13H2,(H,23,25). The Bertz CT molecular complexity index is 889. The molecule has 3 aliphatic rings. The fourth-order valence-corrected chi connectivity index (χ4v) is 5.34. The van der Waals surface area contributed by atoms with Crippen molar-refractivity contribution < 1.29 is 18.0 Å². The van der Waals surface area contributed by atoms with E-state index < -0.39 is 10.0 Å². The molecule has 2 aliphatic carbocycles. The van der Waals surface area contributed by atoms with Crippen molar-refractivity contribution in [2.24, 2.45) is 5.92 Å². The van der Waals surface area contributed by atoms with Crippen LogP contribution in [0.2, 0.25) is 0 Å². The van der Waals surface area contributed by atoms with Crippen LogP contribution in [0.25, 0.3) is 0 Å². The Hall–Kier alpha value is -1.93. The van der Waals surface area contributed by atoms with Gasteiger partial charge in [-0.3, -0.25) is 9.59 Å². The van der Waals surface area contributed by atoms with Gasteiger partial charge in [-0.05, 0) is 55.9 Å². The van der Waals surface area contributed by atoms with Crippen LogP contribution in [0.4, 0.5) is 5.69 Å². The highest BCUT2D eigenvalue weighted by Gasteiger charge is 2.36. The number of hydrogen-bond donors (Lipinski definition) is 2. The van der Waals surface area contributed by atoms with Crippen LogP contribution >= 0.6 is 0 Å². The normalized spacial score (nSPS) is 19.8. The van der Waals surface area contributed by atoms with Crippen LogP contribution in [0.3, 0.4) is 0 Å². The first-order valence-corrected chi connectivity index (χ1v) is 12.2. The van der Waals surface area contributed by atoms with E-state index in [1.807, 2.05) is 0 Å². The average Bonchev–Trinajstić information content (AvgIpc) is 3.47. The molecule has 2 saturated carbocycles. The van der Waals surface area contributed by atoms with Crippen molar-refractivity contribution in [2.75, 3.05) is 18.0 Å². The Morgan fingerprint density at radius 1 is 1.07 bits per heavy atom. The van der Waals surface area contributed by atoms with Crippen LogP contribution in [0.1, 0.15) is 56.9 Å². The molecule has 0 aromatic heterocycles. The summed E-state index contributed by atoms with van der Waals surface area (Å²) < 4.78 is 27.8. The second-order valence-corrected chi connectivity index (χ2v) is 10.1. The van der Waals surface area contributed by atoms with Gasteiger partial charge in [0, 0.05) is 37.2 Å². The minimum absolute atomic E-state index is 0.0737. The van der Waals surface area contributed by atoms with E-state index in [-0.39, 0.29) is 41.6 Å². The maximum atomic E-state index is 12.6. The van der Waals surface area contributed by atoms with Gasteiger partial charge < -0.3 is 10.2 Å². The molecule has 1 aromatic carbocycles. The number of hydrogen-bond acceptors (Lipinski definition) is 4. The summed E-state index contributed by atoms with van der Waals surface area (Å²) in [5, 5.41) is 3.00. The molecular formula is C21H29N3O4S. The van der Waals surface area contributed by atoms with Crippen molar-refractivity contribution in [1.29, 1.82) is 0 Å². The molecule has 4 rings (SSSR count). The van der Waals surface area contributed by atoms with Gasteiger partial charge in [-0.15, -0.1) is 0 Å². The first-order valence-electron chi connectivity index (χ1n) is 10.7. The maximum absolute atomic E-state index is 12.6. The SMILES string of the molecule is O=C(CCNS(=O)(=O)c1ccc2c(c1)CCN2C(=O)C1CC1)NC1CCCCC1. The number of amides is 2. The molecule has 0 saturated heterocycles. The summed E-state index contributed by atoms with van der Waals surface area (Å²) >= 11 is 0. The lowest BCUT2D eigenvalue weighted by molar-refractivity contribution is -0.122. The van der Waals surface area contributed by atoms with Crippen molar-refractivity contribution >= 4 is 27.5 Å². The van der Waals surface area contributed by atoms with E-state index in [4.69, 9.17) is 0 Å². The van der Waals surface area contributed by atoms with E-state index in [0.29, 0.717) is 13.0 Å². The molecule has 1 aromatic rings. The lowest BCUT2D eigenvalue weighted by atomic mass is 9.95. The molecule has 2 fully saturated rings. The smallest absolute Gasteiger partial charge is 0.240 e. The molecule has 158 valence electrons. The van der Waals surface area contributed by atoms with Gasteiger partial charge in [0.05, 0.1) is 4.90 Å². The molecule has 1 heterocycles. The first-order chi connectivity index (χ1) is 13.9. The van der Waals surface area contributed by atoms with Crippen LogP contribution in [-0.2, 0) is 26.0 Å². The van der Waals surface area contributed by atoms with Crippen LogP contribution in [0, 0.1) is 5.92 Å². The second-order valence-electron chi connectivity index (χ2n) is 8.35. The Balaban J connectivity index is 1.32. The van der Waals surface area contributed by atoms with Crippen molar-refractivity contribution in [3.05, 3.63) is 23.8 Å². The Kier molecular flexibility index (Phi) is 5.92. The Morgan fingerprint density at radius 2 is 1.83 bits per heavy atom. The number of fused-ring (bicyclic) bond motifs is 1. The van der Waals surface area contributed by atoms with Gasteiger partial charge in [0.15, 0.2) is 0 Å². The first kappa shape index (κ1) is 20.3. The monoisotopic (exact) mass is 419 g/mol. The molecule has 1 aliphatic heterocycles. The third-order valence-corrected chi connectivity index (χ3v) is 7.52. The lowest BCUT2D eigenvalue weighted by Gasteiger charge is -2.22. The van der Waals surface area contributed by atoms with Crippen molar-refractivity contribution in [3.8, 4) is 0 Å². The van der Waals surface area contributed by atoms with Crippen LogP contribution in [0.15, 0.2) is 23.1 Å². The van der Waals surface area contributed by atoms with E-state index >= 15 is 0 Å². The number of nitrogens with one attached hydrogen (secondary N) is 2. The third kappa shape index (κ3) is 4.80. The molecule has 2 N–H and O–H groups in total. The quantitative estimate of drug-likeness (QED) is 0.708. The third-order valence-electron chi connectivity index (χ3n) is 6.06. The number of carbonyl (C=O) groups excluding carboxylic acids is 2. The molecule has 0 bridgehead atoms. The zero-order valence-electron chi connectivity index (χ0n) is 16.7. The minimum atomic E-state index is -3.69. The van der Waals surface area contributed by atoms with Crippen LogP contribution in [0.5, 0.6) is 0 Å². The van der Waals surface area contributed by atoms with Gasteiger partial charge in [-0.2, -0.15) is 0 Å². The predicted molar refractivity (Wildman–Crippen MR) is 110 cm³/mol. The maximum Gasteiger partial charge on any atom is 0.240 e. The minimum Gasteiger partial charge on any atom is -0.353 e. The number of sulfonamides is 1. The fourth-order valence-electron chi connectivity index (χ4n) is 4.25. The van der Waals surface area contributed by atoms with Gasteiger partial charge in [-0.1, -0.05) is 19.3 Å². The highest BCUT2D eigenvalue weighted by atomic mass is 32.2. The number of benzene rings is 1. The summed E-state index contributed by atoms with van der Waals surface area (Å²) in [4.78, 5) is 26.4. The van der Waals surface area contributed by atoms with E-state index in [1.165, 1.54) is 6.42 Å². The molecule has 0 spiro atoms. The van der Waals surface area contributed by atoms with Crippen LogP contribution < -0.4 is 14.9 Å². The average molecular weight is 420 g/mol. The molecule has 29 heavy (non-hydrogen) atoms. The van der Waals surface area contributed by atoms with Gasteiger partial charge >= 0.3 is 0 Å². The molecule has 0 unspecified atom stereocenters. The second kappa shape index (κ2) is 8.44. The number of nitrogens with zero attached hydrogens (tertiary/aromatic N) is 1. The van der Waals surface area contributed by atoms with Crippen molar-refractivity contribution in [3.63, 3.8) is 0 Å². The van der Waals surface area contributed by atoms with E-state index in [1.54, 1.807) is 23.1 Å². The molecule has 0 atom stereocenters. The number of carbonyl (C=O) groups is 2. The topological polar surface area (TPSA) is 95.6 Å². The summed E-state index contributed by atoms with van der Waals surface area (Å²) in [7, 11) is -3.69. The molecular weight excluding hydrogens is 390 g/mol. The lowest BCUT2D eigenvalue weighted by Crippen LogP contribution is -2.38. The van der Waals surface area contributed by atoms with Gasteiger partial charge in [0.1, 0.15) is 0 Å². The number of rotatable bonds is 7. The summed E-state index contributed by atoms with van der Waals surface area (Å²) in [6.45, 7) is 0.688. The summed E-state index contributed by atoms with van der Waals surface area (Å²) in [5.74, 6) is 0.190. The van der Waals surface area contributed by atoms with E-state index in [9.17, 15) is 18.0 Å². The molecule has 2 amide bonds. The highest BCUT2D eigenvalue weighted by molar-refractivity contribution is 7.89. The van der Waals surface area contributed by atoms with Gasteiger partial charge in [0.2, 0.25) is 21.8 Å². The van der Waals surface area contributed by atoms with E-state index in [0.717, 1.165) is 49.8 Å². The van der Waals surface area contributed by atoms with Gasteiger partial charge in [0.25, 0.3) is 0 Å².